The number of rotatable bonds is 2. The maximum Gasteiger partial charge on any atom is 0.101 e. The van der Waals surface area contributed by atoms with Crippen molar-refractivity contribution in [1.82, 2.24) is 0 Å². The highest BCUT2D eigenvalue weighted by Crippen LogP contribution is 1.84. The first-order valence-corrected chi connectivity index (χ1v) is 2.47. The molecule has 0 saturated carbocycles. The maximum atomic E-state index is 8.39. The van der Waals surface area contributed by atoms with Crippen LogP contribution in [0, 0.1) is 0 Å². The van der Waals surface area contributed by atoms with Crippen LogP contribution in [0.2, 0.25) is 0 Å². The molecule has 0 radical (unpaired) electrons. The molecule has 44 valence electrons. The molecule has 0 aliphatic heterocycles. The van der Waals surface area contributed by atoms with Crippen molar-refractivity contribution < 1.29 is 9.59 Å². The molecule has 0 aromatic carbocycles. The van der Waals surface area contributed by atoms with E-state index in [1.165, 1.54) is 0 Å². The number of hydrogen-bond donors (Lipinski definition) is 1. The smallest absolute Gasteiger partial charge is 0.101 e. The molecule has 0 spiro atoms. The standard InChI is InChI=1S/C5H14NO/c1-6(2,3)4-5-7/h7H,4-5H2,1-3H3/q+1/i1+1. The highest BCUT2D eigenvalue weighted by Gasteiger charge is 2.02. The predicted octanol–water partition coefficient (Wildman–Crippen LogP) is -0.315. The molecule has 7 heavy (non-hydrogen) atoms. The molecule has 0 heterocycles. The normalized spacial score (nSPS) is 12.0. The fraction of sp³-hybridized carbons (Fsp3) is 1.00. The van der Waals surface area contributed by atoms with Gasteiger partial charge in [0.1, 0.15) is 6.54 Å². The van der Waals surface area contributed by atoms with Crippen molar-refractivity contribution in [2.45, 2.75) is 0 Å². The van der Waals surface area contributed by atoms with Crippen LogP contribution >= 0.6 is 0 Å². The van der Waals surface area contributed by atoms with Crippen LogP contribution in [0.25, 0.3) is 0 Å². The Labute approximate surface area is 45.0 Å². The first-order chi connectivity index (χ1) is 3.06. The summed E-state index contributed by atoms with van der Waals surface area (Å²) in [5.41, 5.74) is 0. The Morgan fingerprint density at radius 1 is 1.29 bits per heavy atom. The van der Waals surface area contributed by atoms with Crippen molar-refractivity contribution in [3.05, 3.63) is 0 Å². The average molecular weight is 105 g/mol. The third-order valence-electron chi connectivity index (χ3n) is 0.771. The first kappa shape index (κ1) is 6.92. The molecule has 0 unspecified atom stereocenters. The largest absolute Gasteiger partial charge is 0.391 e. The molecular weight excluding hydrogens is 91.1 g/mol. The van der Waals surface area contributed by atoms with E-state index >= 15 is 0 Å². The molecule has 0 atom stereocenters. The lowest BCUT2D eigenvalue weighted by atomic mass is 10.6. The van der Waals surface area contributed by atoms with Gasteiger partial charge in [-0.1, -0.05) is 0 Å². The molecule has 0 bridgehead atoms. The molecule has 2 heteroatoms. The van der Waals surface area contributed by atoms with Crippen LogP contribution in [-0.4, -0.2) is 43.9 Å². The topological polar surface area (TPSA) is 20.2 Å². The van der Waals surface area contributed by atoms with Crippen LogP contribution in [0.15, 0.2) is 0 Å². The van der Waals surface area contributed by atoms with E-state index in [1.807, 2.05) is 0 Å². The van der Waals surface area contributed by atoms with Gasteiger partial charge in [-0.15, -0.1) is 0 Å². The van der Waals surface area contributed by atoms with Crippen molar-refractivity contribution >= 4 is 0 Å². The van der Waals surface area contributed by atoms with Crippen molar-refractivity contribution in [3.63, 3.8) is 0 Å². The number of quaternary nitrogens is 1. The van der Waals surface area contributed by atoms with E-state index in [2.05, 4.69) is 21.1 Å². The summed E-state index contributed by atoms with van der Waals surface area (Å²) >= 11 is 0. The van der Waals surface area contributed by atoms with E-state index in [1.54, 1.807) is 0 Å². The second-order valence-electron chi connectivity index (χ2n) is 2.74. The zero-order valence-electron chi connectivity index (χ0n) is 5.31. The van der Waals surface area contributed by atoms with E-state index in [4.69, 9.17) is 5.11 Å². The minimum Gasteiger partial charge on any atom is -0.391 e. The zero-order valence-corrected chi connectivity index (χ0v) is 5.31. The van der Waals surface area contributed by atoms with Gasteiger partial charge in [0.05, 0.1) is 27.7 Å². The minimum atomic E-state index is 0.281. The summed E-state index contributed by atoms with van der Waals surface area (Å²) in [6.07, 6.45) is 0. The van der Waals surface area contributed by atoms with Gasteiger partial charge in [-0.05, 0) is 0 Å². The summed E-state index contributed by atoms with van der Waals surface area (Å²) in [5, 5.41) is 8.39. The fourth-order valence-corrected chi connectivity index (χ4v) is 0.300. The summed E-state index contributed by atoms with van der Waals surface area (Å²) in [7, 11) is 6.16. The summed E-state index contributed by atoms with van der Waals surface area (Å²) in [6, 6.07) is 0. The van der Waals surface area contributed by atoms with Crippen molar-refractivity contribution in [1.29, 1.82) is 0 Å². The predicted molar refractivity (Wildman–Crippen MR) is 30.0 cm³/mol. The fourth-order valence-electron chi connectivity index (χ4n) is 0.300. The molecule has 0 aliphatic carbocycles. The van der Waals surface area contributed by atoms with Crippen LogP contribution < -0.4 is 0 Å². The lowest BCUT2D eigenvalue weighted by molar-refractivity contribution is -0.870. The molecule has 1 N–H and O–H groups in total. The second kappa shape index (κ2) is 2.28. The summed E-state index contributed by atoms with van der Waals surface area (Å²) in [5.74, 6) is 0. The van der Waals surface area contributed by atoms with Gasteiger partial charge in [0.2, 0.25) is 0 Å². The van der Waals surface area contributed by atoms with E-state index < -0.39 is 0 Å². The zero-order chi connectivity index (χ0) is 5.91. The number of likely N-dealkylation sites (N-methyl/N-ethyl adjacent to an activating group) is 1. The minimum absolute atomic E-state index is 0.281. The Kier molecular flexibility index (Phi) is 2.26. The van der Waals surface area contributed by atoms with Crippen LogP contribution in [0.4, 0.5) is 0 Å². The van der Waals surface area contributed by atoms with E-state index in [-0.39, 0.29) is 6.61 Å². The maximum absolute atomic E-state index is 8.39. The average Bonchev–Trinajstić information content (AvgIpc) is 1.30. The van der Waals surface area contributed by atoms with Crippen LogP contribution in [0.1, 0.15) is 0 Å². The Morgan fingerprint density at radius 2 is 1.71 bits per heavy atom. The van der Waals surface area contributed by atoms with Crippen molar-refractivity contribution in [2.24, 2.45) is 0 Å². The number of aliphatic hydroxyl groups is 1. The third-order valence-corrected chi connectivity index (χ3v) is 0.771. The molecule has 0 saturated heterocycles. The number of hydrogen-bond acceptors (Lipinski definition) is 1. The van der Waals surface area contributed by atoms with Gasteiger partial charge < -0.3 is 9.59 Å². The first-order valence-electron chi connectivity index (χ1n) is 2.47. The molecular formula is C5H14NO+. The Bertz CT molecular complexity index is 46.5. The van der Waals surface area contributed by atoms with Gasteiger partial charge in [0, 0.05) is 0 Å². The van der Waals surface area contributed by atoms with E-state index in [0.29, 0.717) is 0 Å². The van der Waals surface area contributed by atoms with Crippen LogP contribution in [0.3, 0.4) is 0 Å². The Morgan fingerprint density at radius 3 is 1.71 bits per heavy atom. The summed E-state index contributed by atoms with van der Waals surface area (Å²) < 4.78 is 0.844. The van der Waals surface area contributed by atoms with Gasteiger partial charge in [0.15, 0.2) is 0 Å². The monoisotopic (exact) mass is 105 g/mol. The highest BCUT2D eigenvalue weighted by molar-refractivity contribution is 4.19. The second-order valence-corrected chi connectivity index (χ2v) is 2.74. The summed E-state index contributed by atoms with van der Waals surface area (Å²) in [4.78, 5) is 0. The lowest BCUT2D eigenvalue weighted by Crippen LogP contribution is -2.36. The van der Waals surface area contributed by atoms with E-state index in [9.17, 15) is 0 Å². The number of nitrogens with zero attached hydrogens (tertiary/aromatic N) is 1. The molecule has 0 aromatic rings. The third kappa shape index (κ3) is 5.92. The molecule has 0 aliphatic rings. The Balaban J connectivity index is 3.15. The molecule has 0 amide bonds. The Hall–Kier alpha value is -0.0800. The molecule has 0 fully saturated rings. The van der Waals surface area contributed by atoms with Gasteiger partial charge in [-0.2, -0.15) is 0 Å². The molecule has 0 rings (SSSR count). The van der Waals surface area contributed by atoms with Crippen LogP contribution in [-0.2, 0) is 0 Å². The number of aliphatic hydroxyl groups excluding tert-OH is 1. The molecule has 2 nitrogen and oxygen atoms in total. The SMILES string of the molecule is C[N+](C)([13CH3])CCO. The quantitative estimate of drug-likeness (QED) is 0.377. The van der Waals surface area contributed by atoms with Crippen molar-refractivity contribution in [2.75, 3.05) is 34.3 Å². The summed E-state index contributed by atoms with van der Waals surface area (Å²) in [6.45, 7) is 1.11. The van der Waals surface area contributed by atoms with Gasteiger partial charge in [-0.25, -0.2) is 0 Å². The lowest BCUT2D eigenvalue weighted by Gasteiger charge is -2.21. The highest BCUT2D eigenvalue weighted by atomic mass is 16.3. The van der Waals surface area contributed by atoms with Gasteiger partial charge in [0.25, 0.3) is 0 Å². The van der Waals surface area contributed by atoms with Gasteiger partial charge in [-0.3, -0.25) is 0 Å². The van der Waals surface area contributed by atoms with Gasteiger partial charge >= 0.3 is 0 Å². The molecule has 0 aromatic heterocycles. The van der Waals surface area contributed by atoms with Crippen molar-refractivity contribution in [3.8, 4) is 0 Å². The van der Waals surface area contributed by atoms with E-state index in [0.717, 1.165) is 11.0 Å². The van der Waals surface area contributed by atoms with Crippen LogP contribution in [0.5, 0.6) is 0 Å².